The summed E-state index contributed by atoms with van der Waals surface area (Å²) in [6.07, 6.45) is 24.7. The number of rotatable bonds is 3. The summed E-state index contributed by atoms with van der Waals surface area (Å²) < 4.78 is 0. The first-order chi connectivity index (χ1) is 12.2. The molecule has 1 aliphatic heterocycles. The standard InChI is InChI=1S/C24H33N/c1-17(2)20-15-23(19-9-4-3-5-10-19)24(25-16-20)22-14-8-12-18-11-6-7-13-21(18)22/h3-5,7,9,13,15,17-19,23-25H,6,8,10-12,14,16H2,1-2H3. The molecule has 4 rings (SSSR count). The van der Waals surface area contributed by atoms with Crippen LogP contribution in [0.5, 0.6) is 0 Å². The summed E-state index contributed by atoms with van der Waals surface area (Å²) in [4.78, 5) is 0. The van der Waals surface area contributed by atoms with E-state index in [1.54, 1.807) is 16.7 Å². The molecule has 0 radical (unpaired) electrons. The van der Waals surface area contributed by atoms with Crippen LogP contribution in [0, 0.1) is 23.7 Å². The Balaban J connectivity index is 1.70. The van der Waals surface area contributed by atoms with Crippen molar-refractivity contribution in [2.45, 2.75) is 58.4 Å². The van der Waals surface area contributed by atoms with Gasteiger partial charge in [0.1, 0.15) is 0 Å². The molecule has 0 aromatic heterocycles. The van der Waals surface area contributed by atoms with Crippen molar-refractivity contribution in [3.63, 3.8) is 0 Å². The molecule has 0 aromatic rings. The van der Waals surface area contributed by atoms with Crippen LogP contribution in [0.1, 0.15) is 52.4 Å². The number of fused-ring (bicyclic) bond motifs is 1. The summed E-state index contributed by atoms with van der Waals surface area (Å²) in [6.45, 7) is 5.74. The largest absolute Gasteiger partial charge is 0.306 e. The van der Waals surface area contributed by atoms with E-state index < -0.39 is 0 Å². The zero-order valence-corrected chi connectivity index (χ0v) is 15.9. The highest BCUT2D eigenvalue weighted by Crippen LogP contribution is 2.42. The number of nitrogens with one attached hydrogen (secondary N) is 1. The van der Waals surface area contributed by atoms with Gasteiger partial charge in [-0.3, -0.25) is 0 Å². The van der Waals surface area contributed by atoms with E-state index in [-0.39, 0.29) is 0 Å². The predicted molar refractivity (Wildman–Crippen MR) is 107 cm³/mol. The molecule has 1 N–H and O–H groups in total. The van der Waals surface area contributed by atoms with Gasteiger partial charge in [0.15, 0.2) is 0 Å². The monoisotopic (exact) mass is 335 g/mol. The van der Waals surface area contributed by atoms with Crippen molar-refractivity contribution in [1.29, 1.82) is 0 Å². The highest BCUT2D eigenvalue weighted by atomic mass is 14.9. The molecule has 4 unspecified atom stereocenters. The molecule has 0 aromatic carbocycles. The van der Waals surface area contributed by atoms with E-state index in [1.165, 1.54) is 38.5 Å². The van der Waals surface area contributed by atoms with Crippen molar-refractivity contribution >= 4 is 0 Å². The normalized spacial score (nSPS) is 35.1. The van der Waals surface area contributed by atoms with Crippen LogP contribution in [0.2, 0.25) is 0 Å². The van der Waals surface area contributed by atoms with Crippen molar-refractivity contribution in [2.24, 2.45) is 23.7 Å². The first-order valence-electron chi connectivity index (χ1n) is 10.4. The minimum atomic E-state index is 0.532. The van der Waals surface area contributed by atoms with E-state index in [0.29, 0.717) is 23.8 Å². The van der Waals surface area contributed by atoms with E-state index in [0.717, 1.165) is 12.5 Å². The first kappa shape index (κ1) is 17.1. The zero-order valence-electron chi connectivity index (χ0n) is 15.9. The van der Waals surface area contributed by atoms with Crippen molar-refractivity contribution < 1.29 is 0 Å². The van der Waals surface area contributed by atoms with Crippen molar-refractivity contribution in [2.75, 3.05) is 6.54 Å². The van der Waals surface area contributed by atoms with E-state index in [9.17, 15) is 0 Å². The lowest BCUT2D eigenvalue weighted by molar-refractivity contribution is 0.332. The Kier molecular flexibility index (Phi) is 5.12. The van der Waals surface area contributed by atoms with E-state index in [2.05, 4.69) is 61.7 Å². The van der Waals surface area contributed by atoms with Crippen LogP contribution in [0.4, 0.5) is 0 Å². The second-order valence-electron chi connectivity index (χ2n) is 8.59. The third kappa shape index (κ3) is 3.49. The van der Waals surface area contributed by atoms with Crippen LogP contribution in [0.3, 0.4) is 0 Å². The fraction of sp³-hybridized carbons (Fsp3) is 0.583. The van der Waals surface area contributed by atoms with Crippen molar-refractivity contribution in [1.82, 2.24) is 5.32 Å². The maximum Gasteiger partial charge on any atom is 0.0357 e. The summed E-state index contributed by atoms with van der Waals surface area (Å²) >= 11 is 0. The summed E-state index contributed by atoms with van der Waals surface area (Å²) in [5.74, 6) is 2.71. The first-order valence-corrected chi connectivity index (χ1v) is 10.4. The van der Waals surface area contributed by atoms with Gasteiger partial charge in [0, 0.05) is 18.5 Å². The van der Waals surface area contributed by atoms with Crippen LogP contribution in [-0.2, 0) is 0 Å². The average molecular weight is 336 g/mol. The second-order valence-corrected chi connectivity index (χ2v) is 8.59. The van der Waals surface area contributed by atoms with Gasteiger partial charge in [0.25, 0.3) is 0 Å². The van der Waals surface area contributed by atoms with E-state index >= 15 is 0 Å². The number of hydrogen-bond acceptors (Lipinski definition) is 1. The molecule has 4 aliphatic rings. The fourth-order valence-electron chi connectivity index (χ4n) is 5.26. The lowest BCUT2D eigenvalue weighted by atomic mass is 9.69. The highest BCUT2D eigenvalue weighted by Gasteiger charge is 2.36. The van der Waals surface area contributed by atoms with Crippen LogP contribution in [0.25, 0.3) is 0 Å². The molecule has 0 bridgehead atoms. The Hall–Kier alpha value is -1.34. The summed E-state index contributed by atoms with van der Waals surface area (Å²) in [7, 11) is 0. The maximum atomic E-state index is 3.98. The van der Waals surface area contributed by atoms with Crippen LogP contribution in [0.15, 0.2) is 59.3 Å². The van der Waals surface area contributed by atoms with Crippen molar-refractivity contribution in [3.05, 3.63) is 59.3 Å². The predicted octanol–water partition coefficient (Wildman–Crippen LogP) is 5.74. The molecule has 3 aliphatic carbocycles. The lowest BCUT2D eigenvalue weighted by Crippen LogP contribution is -2.46. The van der Waals surface area contributed by atoms with Gasteiger partial charge in [-0.25, -0.2) is 0 Å². The van der Waals surface area contributed by atoms with Crippen LogP contribution >= 0.6 is 0 Å². The molecule has 0 spiro atoms. The molecule has 0 fully saturated rings. The molecule has 0 amide bonds. The van der Waals surface area contributed by atoms with E-state index in [1.807, 2.05) is 0 Å². The van der Waals surface area contributed by atoms with Gasteiger partial charge < -0.3 is 5.32 Å². The molecule has 4 atom stereocenters. The number of allylic oxidation sites excluding steroid dienone is 7. The van der Waals surface area contributed by atoms with Crippen LogP contribution < -0.4 is 5.32 Å². The lowest BCUT2D eigenvalue weighted by Gasteiger charge is -2.41. The van der Waals surface area contributed by atoms with Gasteiger partial charge in [-0.2, -0.15) is 0 Å². The van der Waals surface area contributed by atoms with Gasteiger partial charge in [-0.05, 0) is 67.4 Å². The Morgan fingerprint density at radius 1 is 1.12 bits per heavy atom. The third-order valence-electron chi connectivity index (χ3n) is 6.73. The second kappa shape index (κ2) is 7.50. The smallest absolute Gasteiger partial charge is 0.0357 e. The molecular formula is C24H33N. The Morgan fingerprint density at radius 2 is 2.04 bits per heavy atom. The topological polar surface area (TPSA) is 12.0 Å². The molecular weight excluding hydrogens is 302 g/mol. The van der Waals surface area contributed by atoms with Gasteiger partial charge in [-0.15, -0.1) is 0 Å². The molecule has 1 nitrogen and oxygen atoms in total. The Bertz CT molecular complexity index is 643. The van der Waals surface area contributed by atoms with Crippen LogP contribution in [-0.4, -0.2) is 12.6 Å². The average Bonchev–Trinajstić information content (AvgIpc) is 2.68. The van der Waals surface area contributed by atoms with Gasteiger partial charge >= 0.3 is 0 Å². The minimum absolute atomic E-state index is 0.532. The SMILES string of the molecule is CC(C)C1=CC(C2C=CC=CC2)C(C2=C3C=CCCC3CCC2)NC1. The third-order valence-corrected chi connectivity index (χ3v) is 6.73. The highest BCUT2D eigenvalue weighted by molar-refractivity contribution is 5.38. The molecule has 1 heteroatoms. The maximum absolute atomic E-state index is 3.98. The fourth-order valence-corrected chi connectivity index (χ4v) is 5.26. The van der Waals surface area contributed by atoms with E-state index in [4.69, 9.17) is 0 Å². The molecule has 134 valence electrons. The van der Waals surface area contributed by atoms with Crippen molar-refractivity contribution in [3.8, 4) is 0 Å². The molecule has 0 saturated heterocycles. The molecule has 1 heterocycles. The molecule has 25 heavy (non-hydrogen) atoms. The Morgan fingerprint density at radius 3 is 2.84 bits per heavy atom. The summed E-state index contributed by atoms with van der Waals surface area (Å²) in [5, 5.41) is 3.98. The number of hydrogen-bond donors (Lipinski definition) is 1. The quantitative estimate of drug-likeness (QED) is 0.649. The zero-order chi connectivity index (χ0) is 17.2. The minimum Gasteiger partial charge on any atom is -0.306 e. The Labute approximate surface area is 153 Å². The molecule has 0 saturated carbocycles. The van der Waals surface area contributed by atoms with Gasteiger partial charge in [-0.1, -0.05) is 62.0 Å². The summed E-state index contributed by atoms with van der Waals surface area (Å²) in [6, 6.07) is 0.532. The van der Waals surface area contributed by atoms with Gasteiger partial charge in [0.2, 0.25) is 0 Å². The summed E-state index contributed by atoms with van der Waals surface area (Å²) in [5.41, 5.74) is 5.03. The van der Waals surface area contributed by atoms with Gasteiger partial charge in [0.05, 0.1) is 0 Å².